The monoisotopic (exact) mass is 1100 g/mol. The molecule has 0 radical (unpaired) electrons. The average molecular weight is 1100 g/mol. The van der Waals surface area contributed by atoms with E-state index in [0.29, 0.717) is 11.9 Å². The molecule has 13 aromatic carbocycles. The largest absolute Gasteiger partial charge is 0.277 e. The molecule has 0 unspecified atom stereocenters. The molecule has 0 atom stereocenters. The van der Waals surface area contributed by atoms with E-state index in [1.165, 1.54) is 102 Å². The molecule has 5 aromatic heterocycles. The Morgan fingerprint density at radius 3 is 1.38 bits per heavy atom. The van der Waals surface area contributed by atoms with Crippen molar-refractivity contribution >= 4 is 118 Å². The Morgan fingerprint density at radius 2 is 0.706 bits per heavy atom. The fourth-order valence-electron chi connectivity index (χ4n) is 13.7. The first-order valence-electron chi connectivity index (χ1n) is 28.8. The van der Waals surface area contributed by atoms with Crippen molar-refractivity contribution in [1.29, 1.82) is 0 Å². The maximum atomic E-state index is 5.37. The Morgan fingerprint density at radius 1 is 0.259 bits per heavy atom. The lowest BCUT2D eigenvalue weighted by Crippen LogP contribution is -2.03. The third-order valence-corrected chi connectivity index (χ3v) is 18.5. The normalized spacial score (nSPS) is 12.0. The Bertz CT molecular complexity index is 5780. The fraction of sp³-hybridized carbons (Fsp3) is 0. The number of benzene rings is 13. The highest BCUT2D eigenvalue weighted by Gasteiger charge is 2.28. The molecule has 0 saturated heterocycles. The van der Waals surface area contributed by atoms with Gasteiger partial charge in [-0.2, -0.15) is 0 Å². The number of thiophene rings is 1. The molecule has 0 saturated carbocycles. The molecule has 0 N–H and O–H groups in total. The minimum absolute atomic E-state index is 0.679. The van der Waals surface area contributed by atoms with Crippen LogP contribution >= 0.6 is 11.3 Å². The predicted octanol–water partition coefficient (Wildman–Crippen LogP) is 20.8. The number of hydrogen-bond donors (Lipinski definition) is 0. The van der Waals surface area contributed by atoms with Crippen LogP contribution in [0.3, 0.4) is 0 Å². The number of aromatic nitrogens is 6. The Kier molecular flexibility index (Phi) is 10.5. The van der Waals surface area contributed by atoms with Gasteiger partial charge in [-0.05, 0) is 85.9 Å². The molecule has 18 aromatic rings. The molecule has 7 heteroatoms. The molecule has 0 spiro atoms. The van der Waals surface area contributed by atoms with Crippen molar-refractivity contribution in [3.63, 3.8) is 0 Å². The van der Waals surface area contributed by atoms with Gasteiger partial charge in [0.2, 0.25) is 11.9 Å². The third-order valence-electron chi connectivity index (χ3n) is 17.3. The van der Waals surface area contributed by atoms with Crippen molar-refractivity contribution in [2.75, 3.05) is 0 Å². The number of para-hydroxylation sites is 4. The Hall–Kier alpha value is -11.1. The highest BCUT2D eigenvalue weighted by molar-refractivity contribution is 7.27. The third kappa shape index (κ3) is 7.18. The van der Waals surface area contributed by atoms with Crippen molar-refractivity contribution in [2.24, 2.45) is 0 Å². The van der Waals surface area contributed by atoms with Gasteiger partial charge in [-0.1, -0.05) is 243 Å². The second-order valence-electron chi connectivity index (χ2n) is 22.0. The predicted molar refractivity (Wildman–Crippen MR) is 356 cm³/mol. The lowest BCUT2D eigenvalue weighted by molar-refractivity contribution is 1.02. The van der Waals surface area contributed by atoms with Gasteiger partial charge in [0.1, 0.15) is 0 Å². The van der Waals surface area contributed by atoms with E-state index in [2.05, 4.69) is 282 Å². The van der Waals surface area contributed by atoms with Crippen LogP contribution in [0, 0.1) is 0 Å². The molecule has 19 rings (SSSR count). The Balaban J connectivity index is 0.000000130. The topological polar surface area (TPSA) is 61.4 Å². The highest BCUT2D eigenvalue weighted by atomic mass is 32.1. The number of fused-ring (bicyclic) bond motifs is 19. The molecule has 0 amide bonds. The first-order valence-corrected chi connectivity index (χ1v) is 29.6. The molecular formula is C78H46N6S. The summed E-state index contributed by atoms with van der Waals surface area (Å²) in [5.41, 5.74) is 18.0. The zero-order valence-corrected chi connectivity index (χ0v) is 46.5. The van der Waals surface area contributed by atoms with E-state index in [-0.39, 0.29) is 0 Å². The minimum Gasteiger partial charge on any atom is -0.277 e. The van der Waals surface area contributed by atoms with Gasteiger partial charge >= 0.3 is 0 Å². The van der Waals surface area contributed by atoms with E-state index in [4.69, 9.17) is 19.9 Å². The first kappa shape index (κ1) is 47.5. The van der Waals surface area contributed by atoms with Crippen molar-refractivity contribution < 1.29 is 0 Å². The molecule has 394 valence electrons. The second-order valence-corrected chi connectivity index (χ2v) is 23.0. The summed E-state index contributed by atoms with van der Waals surface area (Å²) < 4.78 is 7.14. The van der Waals surface area contributed by atoms with E-state index < -0.39 is 0 Å². The smallest absolute Gasteiger partial charge is 0.235 e. The van der Waals surface area contributed by atoms with Crippen LogP contribution < -0.4 is 0 Å². The molecule has 1 aliphatic rings. The summed E-state index contributed by atoms with van der Waals surface area (Å²) in [7, 11) is 0. The van der Waals surface area contributed by atoms with Gasteiger partial charge < -0.3 is 0 Å². The van der Waals surface area contributed by atoms with E-state index >= 15 is 0 Å². The lowest BCUT2D eigenvalue weighted by Gasteiger charge is -2.13. The summed E-state index contributed by atoms with van der Waals surface area (Å²) in [6.07, 6.45) is 0. The van der Waals surface area contributed by atoms with Crippen LogP contribution in [0.2, 0.25) is 0 Å². The maximum Gasteiger partial charge on any atom is 0.235 e. The van der Waals surface area contributed by atoms with Gasteiger partial charge in [-0.3, -0.25) is 9.13 Å². The van der Waals surface area contributed by atoms with Gasteiger partial charge in [0.25, 0.3) is 0 Å². The number of rotatable bonds is 5. The summed E-state index contributed by atoms with van der Waals surface area (Å²) in [5.74, 6) is 1.37. The first-order chi connectivity index (χ1) is 42.2. The minimum atomic E-state index is 0.679. The fourth-order valence-corrected chi connectivity index (χ4v) is 14.9. The van der Waals surface area contributed by atoms with E-state index in [9.17, 15) is 0 Å². The zero-order chi connectivity index (χ0) is 55.7. The molecule has 0 bridgehead atoms. The molecular weight excluding hydrogens is 1050 g/mol. The van der Waals surface area contributed by atoms with E-state index in [1.807, 2.05) is 17.4 Å². The molecule has 0 aliphatic heterocycles. The van der Waals surface area contributed by atoms with Crippen molar-refractivity contribution in [3.05, 3.63) is 279 Å². The van der Waals surface area contributed by atoms with Crippen molar-refractivity contribution in [2.45, 2.75) is 0 Å². The van der Waals surface area contributed by atoms with Crippen LogP contribution in [-0.4, -0.2) is 29.1 Å². The van der Waals surface area contributed by atoms with Crippen LogP contribution in [0.15, 0.2) is 279 Å². The second kappa shape index (κ2) is 18.7. The van der Waals surface area contributed by atoms with Crippen LogP contribution in [-0.2, 0) is 0 Å². The van der Waals surface area contributed by atoms with Gasteiger partial charge in [0, 0.05) is 64.3 Å². The summed E-state index contributed by atoms with van der Waals surface area (Å²) in [4.78, 5) is 21.1. The van der Waals surface area contributed by atoms with E-state index in [1.54, 1.807) is 0 Å². The van der Waals surface area contributed by atoms with Gasteiger partial charge in [0.15, 0.2) is 0 Å². The number of nitrogens with zero attached hydrogens (tertiary/aromatic N) is 6. The molecule has 1 aliphatic carbocycles. The molecule has 6 nitrogen and oxygen atoms in total. The molecule has 85 heavy (non-hydrogen) atoms. The maximum absolute atomic E-state index is 5.37. The van der Waals surface area contributed by atoms with Crippen LogP contribution in [0.1, 0.15) is 0 Å². The molecule has 0 fully saturated rings. The highest BCUT2D eigenvalue weighted by Crippen LogP contribution is 2.52. The van der Waals surface area contributed by atoms with Crippen LogP contribution in [0.4, 0.5) is 0 Å². The van der Waals surface area contributed by atoms with Crippen LogP contribution in [0.5, 0.6) is 0 Å². The lowest BCUT2D eigenvalue weighted by atomic mass is 9.99. The SMILES string of the molecule is c1ccc(-c2ccc(-c3nc(-n4c5ccccc5c5cc6c7c(cccc7c54)-c4ccccc4-6)nc4ccccc34)cc2)cc1.c1ccc(-c2nc(-n3c4ccccc4c4c5ccccc5c5c6ccccc6sc5c43)nc3ccccc23)cc1. The average Bonchev–Trinajstić information content (AvgIpc) is 1.82. The van der Waals surface area contributed by atoms with Crippen molar-refractivity contribution in [3.8, 4) is 67.8 Å². The van der Waals surface area contributed by atoms with Gasteiger partial charge in [0.05, 0.1) is 49.2 Å². The quantitative estimate of drug-likeness (QED) is 0.172. The summed E-state index contributed by atoms with van der Waals surface area (Å²) in [6.45, 7) is 0. The zero-order valence-electron chi connectivity index (χ0n) is 45.6. The standard InChI is InChI=1S/C42H25N3.C36H21N3S/c1-2-11-26(12-3-1)27-21-23-28(24-22-27)40-33-16-6-8-19-37(33)43-42(44-40)45-38-20-9-7-15-31(38)36-25-35-30-14-5-4-13-29(30)32-17-10-18-34(39(32)35)41(36)45;1-2-12-22(13-3-1)33-25-16-6-9-19-28(25)37-36(38-33)39-29-20-10-7-17-26(29)31-23-14-4-5-15-24(23)32-27-18-8-11-21-30(27)40-35(32)34(31)39/h1-25H;1-21H. The van der Waals surface area contributed by atoms with Crippen molar-refractivity contribution in [1.82, 2.24) is 29.1 Å². The van der Waals surface area contributed by atoms with Gasteiger partial charge in [-0.25, -0.2) is 19.9 Å². The molecule has 5 heterocycles. The van der Waals surface area contributed by atoms with Crippen LogP contribution in [0.25, 0.3) is 175 Å². The summed E-state index contributed by atoms with van der Waals surface area (Å²) >= 11 is 1.86. The van der Waals surface area contributed by atoms with Gasteiger partial charge in [-0.15, -0.1) is 11.3 Å². The Labute approximate surface area is 491 Å². The summed E-state index contributed by atoms with van der Waals surface area (Å²) in [5, 5.41) is 14.6. The van der Waals surface area contributed by atoms with E-state index in [0.717, 1.165) is 60.9 Å². The summed E-state index contributed by atoms with van der Waals surface area (Å²) in [6, 6.07) is 99.1. The number of hydrogen-bond acceptors (Lipinski definition) is 5.